The molecule has 1 saturated carbocycles. The Kier molecular flexibility index (Phi) is 12.5. The minimum atomic E-state index is -0.920. The number of hydrogen-bond acceptors (Lipinski definition) is 8. The van der Waals surface area contributed by atoms with E-state index in [9.17, 15) is 19.2 Å². The van der Waals surface area contributed by atoms with Crippen molar-refractivity contribution in [3.63, 3.8) is 0 Å². The predicted octanol–water partition coefficient (Wildman–Crippen LogP) is 3.89. The second-order valence-corrected chi connectivity index (χ2v) is 13.1. The first-order valence-corrected chi connectivity index (χ1v) is 17.0. The maximum absolute atomic E-state index is 15.7. The van der Waals surface area contributed by atoms with Gasteiger partial charge in [0.15, 0.2) is 5.69 Å². The first-order chi connectivity index (χ1) is 22.5. The number of likely N-dealkylation sites (N-methyl/N-ethyl adjacent to an activating group) is 1. The molecule has 1 aliphatic heterocycles. The number of rotatable bonds is 12. The van der Waals surface area contributed by atoms with Gasteiger partial charge in [0.1, 0.15) is 23.6 Å². The van der Waals surface area contributed by atoms with Gasteiger partial charge in [-0.15, -0.1) is 0 Å². The van der Waals surface area contributed by atoms with Gasteiger partial charge in [-0.1, -0.05) is 58.7 Å². The molecule has 0 unspecified atom stereocenters. The molecule has 13 heteroatoms. The fourth-order valence-electron chi connectivity index (χ4n) is 6.69. The number of hydrogen-bond donors (Lipinski definition) is 3. The number of halogens is 1. The molecule has 12 nitrogen and oxygen atoms in total. The van der Waals surface area contributed by atoms with Crippen LogP contribution >= 0.6 is 0 Å². The fourth-order valence-corrected chi connectivity index (χ4v) is 6.69. The molecule has 4 amide bonds. The number of aryl methyl sites for hydroxylation is 1. The molecule has 0 bridgehead atoms. The van der Waals surface area contributed by atoms with Crippen LogP contribution in [0, 0.1) is 17.7 Å². The maximum atomic E-state index is 15.7. The molecular formula is C34H50FN7O5. The van der Waals surface area contributed by atoms with Crippen LogP contribution in [-0.2, 0) is 20.8 Å². The van der Waals surface area contributed by atoms with Gasteiger partial charge in [-0.05, 0) is 67.4 Å². The Balaban J connectivity index is 1.52. The SMILES string of the molecule is CCC(=O)N[C@@H](C(=O)N1CCN(CC)[C@@H](C)C1)[C@@H](C)c1ccc(NC(=O)[C@@H](NC(=O)c2nonc2CC)[C@H]2CC[C@H](C)CC2)c(F)c1. The van der Waals surface area contributed by atoms with E-state index in [2.05, 4.69) is 51.9 Å². The van der Waals surface area contributed by atoms with Crippen LogP contribution in [0.15, 0.2) is 22.8 Å². The van der Waals surface area contributed by atoms with E-state index in [1.165, 1.54) is 12.1 Å². The predicted molar refractivity (Wildman–Crippen MR) is 175 cm³/mol. The average Bonchev–Trinajstić information content (AvgIpc) is 3.56. The van der Waals surface area contributed by atoms with Crippen molar-refractivity contribution < 1.29 is 28.2 Å². The van der Waals surface area contributed by atoms with Crippen LogP contribution in [0.3, 0.4) is 0 Å². The number of benzene rings is 1. The van der Waals surface area contributed by atoms with Crippen LogP contribution < -0.4 is 16.0 Å². The minimum Gasteiger partial charge on any atom is -0.344 e. The maximum Gasteiger partial charge on any atom is 0.276 e. The smallest absolute Gasteiger partial charge is 0.276 e. The van der Waals surface area contributed by atoms with E-state index in [-0.39, 0.29) is 41.6 Å². The van der Waals surface area contributed by atoms with E-state index >= 15 is 4.39 Å². The van der Waals surface area contributed by atoms with E-state index in [0.717, 1.165) is 38.8 Å². The fraction of sp³-hybridized carbons (Fsp3) is 0.647. The zero-order valence-electron chi connectivity index (χ0n) is 28.5. The van der Waals surface area contributed by atoms with Crippen molar-refractivity contribution in [2.24, 2.45) is 11.8 Å². The van der Waals surface area contributed by atoms with Crippen LogP contribution in [0.5, 0.6) is 0 Å². The number of anilines is 1. The molecule has 47 heavy (non-hydrogen) atoms. The second kappa shape index (κ2) is 16.3. The highest BCUT2D eigenvalue weighted by Gasteiger charge is 2.36. The van der Waals surface area contributed by atoms with E-state index in [4.69, 9.17) is 4.63 Å². The number of amides is 4. The van der Waals surface area contributed by atoms with Crippen molar-refractivity contribution in [2.75, 3.05) is 31.5 Å². The van der Waals surface area contributed by atoms with E-state index in [1.54, 1.807) is 24.8 Å². The van der Waals surface area contributed by atoms with E-state index < -0.39 is 35.6 Å². The minimum absolute atomic E-state index is 0.0277. The Bertz CT molecular complexity index is 1410. The molecule has 2 aliphatic rings. The van der Waals surface area contributed by atoms with Crippen LogP contribution in [-0.4, -0.2) is 88.0 Å². The summed E-state index contributed by atoms with van der Waals surface area (Å²) < 4.78 is 20.4. The summed E-state index contributed by atoms with van der Waals surface area (Å²) in [7, 11) is 0. The molecule has 2 fully saturated rings. The normalized spacial score (nSPS) is 22.2. The Morgan fingerprint density at radius 2 is 1.74 bits per heavy atom. The number of aromatic nitrogens is 2. The Hall–Kier alpha value is -3.87. The molecule has 2 aromatic rings. The lowest BCUT2D eigenvalue weighted by Crippen LogP contribution is -2.58. The first-order valence-electron chi connectivity index (χ1n) is 17.0. The average molecular weight is 656 g/mol. The lowest BCUT2D eigenvalue weighted by molar-refractivity contribution is -0.139. The van der Waals surface area contributed by atoms with E-state index in [1.807, 2.05) is 6.92 Å². The molecule has 1 aliphatic carbocycles. The highest BCUT2D eigenvalue weighted by molar-refractivity contribution is 6.01. The summed E-state index contributed by atoms with van der Waals surface area (Å²) in [6.07, 6.45) is 3.95. The molecule has 1 aromatic heterocycles. The van der Waals surface area contributed by atoms with E-state index in [0.29, 0.717) is 36.7 Å². The van der Waals surface area contributed by atoms with Crippen molar-refractivity contribution in [3.8, 4) is 0 Å². The van der Waals surface area contributed by atoms with Crippen LogP contribution in [0.4, 0.5) is 10.1 Å². The standard InChI is InChI=1S/C34H50FN7O5/c1-7-26-31(40-47-39-26)33(45)38-30(23-12-10-20(4)11-13-23)32(44)36-27-15-14-24(18-25(27)35)22(6)29(37-28(43)8-2)34(46)42-17-16-41(9-3)21(5)19-42/h14-15,18,20-23,29-30H,7-13,16-17,19H2,1-6H3,(H,36,44)(H,37,43)(H,38,45)/t20-,21-,22-,23-,29+,30-/m0/s1. The number of carbonyl (C=O) groups excluding carboxylic acids is 4. The summed E-state index contributed by atoms with van der Waals surface area (Å²) in [5.74, 6) is -2.41. The van der Waals surface area contributed by atoms with Gasteiger partial charge in [0.25, 0.3) is 5.91 Å². The third kappa shape index (κ3) is 8.74. The second-order valence-electron chi connectivity index (χ2n) is 13.1. The number of carbonyl (C=O) groups is 4. The Morgan fingerprint density at radius 3 is 2.36 bits per heavy atom. The number of nitrogens with zero attached hydrogens (tertiary/aromatic N) is 4. The molecule has 1 saturated heterocycles. The third-order valence-electron chi connectivity index (χ3n) is 9.87. The zero-order valence-corrected chi connectivity index (χ0v) is 28.5. The zero-order chi connectivity index (χ0) is 34.2. The van der Waals surface area contributed by atoms with Gasteiger partial charge < -0.3 is 20.9 Å². The summed E-state index contributed by atoms with van der Waals surface area (Å²) in [4.78, 5) is 57.1. The molecule has 0 spiro atoms. The number of piperazine rings is 1. The summed E-state index contributed by atoms with van der Waals surface area (Å²) in [5.41, 5.74) is 0.878. The van der Waals surface area contributed by atoms with Gasteiger partial charge in [-0.3, -0.25) is 24.1 Å². The van der Waals surface area contributed by atoms with Gasteiger partial charge in [0, 0.05) is 38.0 Å². The van der Waals surface area contributed by atoms with Gasteiger partial charge in [0.2, 0.25) is 17.7 Å². The lowest BCUT2D eigenvalue weighted by Gasteiger charge is -2.41. The van der Waals surface area contributed by atoms with Crippen molar-refractivity contribution in [3.05, 3.63) is 41.0 Å². The van der Waals surface area contributed by atoms with Crippen LogP contribution in [0.1, 0.15) is 101 Å². The Morgan fingerprint density at radius 1 is 1.02 bits per heavy atom. The molecular weight excluding hydrogens is 605 g/mol. The molecule has 3 N–H and O–H groups in total. The topological polar surface area (TPSA) is 150 Å². The first kappa shape index (κ1) is 36.0. The summed E-state index contributed by atoms with van der Waals surface area (Å²) in [6.45, 7) is 14.4. The third-order valence-corrected chi connectivity index (χ3v) is 9.87. The molecule has 2 heterocycles. The van der Waals surface area contributed by atoms with Crippen LogP contribution in [0.2, 0.25) is 0 Å². The summed E-state index contributed by atoms with van der Waals surface area (Å²) in [6, 6.07) is 2.79. The highest BCUT2D eigenvalue weighted by Crippen LogP contribution is 2.32. The summed E-state index contributed by atoms with van der Waals surface area (Å²) >= 11 is 0. The van der Waals surface area contributed by atoms with Crippen molar-refractivity contribution in [1.29, 1.82) is 0 Å². The molecule has 0 radical (unpaired) electrons. The molecule has 4 atom stereocenters. The molecule has 258 valence electrons. The van der Waals surface area contributed by atoms with Gasteiger partial charge >= 0.3 is 0 Å². The quantitative estimate of drug-likeness (QED) is 0.312. The Labute approximate surface area is 276 Å². The van der Waals surface area contributed by atoms with Gasteiger partial charge in [0.05, 0.1) is 5.69 Å². The van der Waals surface area contributed by atoms with Gasteiger partial charge in [-0.25, -0.2) is 9.02 Å². The summed E-state index contributed by atoms with van der Waals surface area (Å²) in [5, 5.41) is 15.9. The van der Waals surface area contributed by atoms with Crippen LogP contribution in [0.25, 0.3) is 0 Å². The molecule has 1 aromatic carbocycles. The van der Waals surface area contributed by atoms with Crippen molar-refractivity contribution in [2.45, 2.75) is 104 Å². The monoisotopic (exact) mass is 655 g/mol. The van der Waals surface area contributed by atoms with Crippen molar-refractivity contribution >= 4 is 29.3 Å². The van der Waals surface area contributed by atoms with Gasteiger partial charge in [-0.2, -0.15) is 0 Å². The largest absolute Gasteiger partial charge is 0.344 e. The highest BCUT2D eigenvalue weighted by atomic mass is 19.1. The molecule has 4 rings (SSSR count). The van der Waals surface area contributed by atoms with Crippen molar-refractivity contribution in [1.82, 2.24) is 30.7 Å². The number of nitrogens with one attached hydrogen (secondary N) is 3. The lowest BCUT2D eigenvalue weighted by atomic mass is 9.79.